The summed E-state index contributed by atoms with van der Waals surface area (Å²) < 4.78 is 12.7. The highest BCUT2D eigenvalue weighted by Crippen LogP contribution is 2.36. The van der Waals surface area contributed by atoms with E-state index < -0.39 is 12.0 Å². The molecular formula is C28H30ClN7O3. The lowest BCUT2D eigenvalue weighted by Crippen LogP contribution is -2.45. The Morgan fingerprint density at radius 1 is 1.31 bits per heavy atom. The highest BCUT2D eigenvalue weighted by molar-refractivity contribution is 6.30. The lowest BCUT2D eigenvalue weighted by Gasteiger charge is -2.35. The van der Waals surface area contributed by atoms with E-state index >= 15 is 0 Å². The minimum Gasteiger partial charge on any atom is -0.388 e. The molecule has 5 rings (SSSR count). The van der Waals surface area contributed by atoms with E-state index in [1.54, 1.807) is 12.1 Å². The van der Waals surface area contributed by atoms with Crippen LogP contribution in [0, 0.1) is 29.6 Å². The molecule has 1 saturated heterocycles. The zero-order valence-electron chi connectivity index (χ0n) is 21.5. The number of amides is 1. The van der Waals surface area contributed by atoms with E-state index in [0.717, 1.165) is 25.7 Å². The summed E-state index contributed by atoms with van der Waals surface area (Å²) in [7, 11) is 0. The number of anilines is 1. The molecule has 0 radical (unpaired) electrons. The molecule has 202 valence electrons. The summed E-state index contributed by atoms with van der Waals surface area (Å²) in [5.74, 6) is 3.65. The molecule has 2 aromatic heterocycles. The number of rotatable bonds is 6. The second-order valence-electron chi connectivity index (χ2n) is 9.81. The zero-order chi connectivity index (χ0) is 27.5. The molecule has 1 saturated carbocycles. The van der Waals surface area contributed by atoms with Crippen LogP contribution in [0.4, 0.5) is 10.7 Å². The molecule has 39 heavy (non-hydrogen) atoms. The number of imidazole rings is 1. The maximum atomic E-state index is 11.4. The van der Waals surface area contributed by atoms with Crippen molar-refractivity contribution >= 4 is 40.7 Å². The summed E-state index contributed by atoms with van der Waals surface area (Å²) in [4.78, 5) is 27.7. The summed E-state index contributed by atoms with van der Waals surface area (Å²) in [6.45, 7) is 6.37. The van der Waals surface area contributed by atoms with Gasteiger partial charge in [-0.05, 0) is 43.7 Å². The first-order chi connectivity index (χ1) is 18.9. The van der Waals surface area contributed by atoms with Crippen molar-refractivity contribution in [1.82, 2.24) is 19.5 Å². The van der Waals surface area contributed by atoms with Crippen molar-refractivity contribution in [2.75, 3.05) is 24.7 Å². The maximum absolute atomic E-state index is 11.4. The normalized spacial score (nSPS) is 21.3. The summed E-state index contributed by atoms with van der Waals surface area (Å²) >= 11 is 6.36. The second-order valence-corrected chi connectivity index (χ2v) is 10.2. The number of aromatic nitrogens is 4. The van der Waals surface area contributed by atoms with E-state index in [0.29, 0.717) is 71.5 Å². The van der Waals surface area contributed by atoms with Gasteiger partial charge in [0.2, 0.25) is 11.8 Å². The highest BCUT2D eigenvalue weighted by Gasteiger charge is 2.31. The number of carbonyl (C=O) groups is 1. The van der Waals surface area contributed by atoms with Crippen molar-refractivity contribution in [2.24, 2.45) is 17.6 Å². The van der Waals surface area contributed by atoms with Gasteiger partial charge in [0.05, 0.1) is 19.3 Å². The fraction of sp³-hybridized carbons (Fsp3) is 0.393. The molecule has 3 heterocycles. The zero-order valence-corrected chi connectivity index (χ0v) is 22.2. The Morgan fingerprint density at radius 2 is 2.10 bits per heavy atom. The molecule has 1 aromatic carbocycles. The lowest BCUT2D eigenvalue weighted by molar-refractivity contribution is 0.105. The van der Waals surface area contributed by atoms with Crippen molar-refractivity contribution in [3.63, 3.8) is 0 Å². The predicted molar refractivity (Wildman–Crippen MR) is 150 cm³/mol. The predicted octanol–water partition coefficient (Wildman–Crippen LogP) is 4.40. The van der Waals surface area contributed by atoms with E-state index in [2.05, 4.69) is 31.9 Å². The van der Waals surface area contributed by atoms with Crippen molar-refractivity contribution in [3.05, 3.63) is 47.8 Å². The number of hydrogen-bond acceptors (Lipinski definition) is 8. The van der Waals surface area contributed by atoms with Crippen LogP contribution in [0.1, 0.15) is 31.5 Å². The number of carbonyl (C=O) groups excluding carboxylic acids is 1. The smallest absolute Gasteiger partial charge is 0.388 e. The summed E-state index contributed by atoms with van der Waals surface area (Å²) in [5, 5.41) is 8.76. The monoisotopic (exact) mass is 547 g/mol. The van der Waals surface area contributed by atoms with Crippen LogP contribution in [0.15, 0.2) is 36.9 Å². The topological polar surface area (TPSA) is 132 Å². The average molecular weight is 548 g/mol. The van der Waals surface area contributed by atoms with Gasteiger partial charge in [0, 0.05) is 29.6 Å². The molecule has 1 amide bonds. The number of nitrogens with one attached hydrogen (secondary N) is 1. The van der Waals surface area contributed by atoms with E-state index in [9.17, 15) is 4.79 Å². The van der Waals surface area contributed by atoms with Crippen LogP contribution >= 0.6 is 11.6 Å². The SMILES string of the molecule is C#CC1CCC(Cn2c(N3CCOC[C@H]3C=C)nc3nc(C(=N)OC(N)=O)nc(-c4cccc(Cl)c4)c32)CC1. The van der Waals surface area contributed by atoms with Crippen LogP contribution < -0.4 is 10.6 Å². The first-order valence-corrected chi connectivity index (χ1v) is 13.3. The summed E-state index contributed by atoms with van der Waals surface area (Å²) in [6.07, 6.45) is 10.4. The van der Waals surface area contributed by atoms with Crippen LogP contribution in [0.2, 0.25) is 5.02 Å². The number of primary amides is 1. The third-order valence-electron chi connectivity index (χ3n) is 7.30. The second kappa shape index (κ2) is 11.4. The maximum Gasteiger partial charge on any atom is 0.411 e. The highest BCUT2D eigenvalue weighted by atomic mass is 35.5. The molecule has 2 aliphatic rings. The Labute approximate surface area is 231 Å². The molecule has 0 bridgehead atoms. The van der Waals surface area contributed by atoms with Gasteiger partial charge in [-0.1, -0.05) is 29.8 Å². The van der Waals surface area contributed by atoms with Gasteiger partial charge in [-0.3, -0.25) is 5.41 Å². The first-order valence-electron chi connectivity index (χ1n) is 12.9. The fourth-order valence-corrected chi connectivity index (χ4v) is 5.53. The molecule has 2 fully saturated rings. The molecule has 3 N–H and O–H groups in total. The van der Waals surface area contributed by atoms with Crippen LogP contribution in [0.3, 0.4) is 0 Å². The Balaban J connectivity index is 1.71. The molecule has 1 aliphatic carbocycles. The van der Waals surface area contributed by atoms with Crippen LogP contribution in [-0.2, 0) is 16.0 Å². The largest absolute Gasteiger partial charge is 0.411 e. The average Bonchev–Trinajstić information content (AvgIpc) is 3.30. The van der Waals surface area contributed by atoms with E-state index in [-0.39, 0.29) is 11.9 Å². The molecule has 11 heteroatoms. The summed E-state index contributed by atoms with van der Waals surface area (Å²) in [5.41, 5.74) is 7.47. The van der Waals surface area contributed by atoms with Crippen LogP contribution in [-0.4, -0.2) is 57.3 Å². The number of benzene rings is 1. The minimum absolute atomic E-state index is 0.0787. The number of nitrogens with two attached hydrogens (primary N) is 1. The van der Waals surface area contributed by atoms with Gasteiger partial charge in [0.25, 0.3) is 5.90 Å². The number of morpholine rings is 1. The van der Waals surface area contributed by atoms with Crippen LogP contribution in [0.25, 0.3) is 22.4 Å². The van der Waals surface area contributed by atoms with Gasteiger partial charge in [0.15, 0.2) is 5.65 Å². The number of terminal acetylenes is 1. The minimum atomic E-state index is -1.12. The third kappa shape index (κ3) is 5.60. The van der Waals surface area contributed by atoms with Crippen LogP contribution in [0.5, 0.6) is 0 Å². The Kier molecular flexibility index (Phi) is 7.82. The number of halogens is 1. The molecular weight excluding hydrogens is 518 g/mol. The van der Waals surface area contributed by atoms with Gasteiger partial charge < -0.3 is 24.7 Å². The van der Waals surface area contributed by atoms with Crippen molar-refractivity contribution in [3.8, 4) is 23.6 Å². The van der Waals surface area contributed by atoms with Gasteiger partial charge in [-0.15, -0.1) is 18.9 Å². The van der Waals surface area contributed by atoms with Crippen molar-refractivity contribution in [1.29, 1.82) is 5.41 Å². The number of fused-ring (bicyclic) bond motifs is 1. The number of hydrogen-bond donors (Lipinski definition) is 2. The van der Waals surface area contributed by atoms with Gasteiger partial charge in [-0.2, -0.15) is 4.98 Å². The summed E-state index contributed by atoms with van der Waals surface area (Å²) in [6, 6.07) is 7.20. The molecule has 1 atom stereocenters. The first kappa shape index (κ1) is 26.7. The quantitative estimate of drug-likeness (QED) is 0.202. The number of nitrogens with zero attached hydrogens (tertiary/aromatic N) is 5. The third-order valence-corrected chi connectivity index (χ3v) is 7.54. The van der Waals surface area contributed by atoms with E-state index in [4.69, 9.17) is 43.6 Å². The Bertz CT molecular complexity index is 1460. The fourth-order valence-electron chi connectivity index (χ4n) is 5.34. The molecule has 0 spiro atoms. The Morgan fingerprint density at radius 3 is 2.79 bits per heavy atom. The van der Waals surface area contributed by atoms with Gasteiger partial charge in [0.1, 0.15) is 11.2 Å². The number of ether oxygens (including phenoxy) is 2. The van der Waals surface area contributed by atoms with E-state index in [1.807, 2.05) is 18.2 Å². The Hall–Kier alpha value is -3.94. The standard InChI is InChI=1S/C28H30ClN7O3/c1-3-17-8-10-18(11-9-17)15-36-23-22(19-6-5-7-20(29)14-19)32-26(24(30)39-27(31)37)33-25(23)34-28(36)35-12-13-38-16-21(35)4-2/h1,4-7,14,17-18,21,30H,2,8-13,15-16H2,(H2,31,37)/t17?,18?,21-/m1/s1. The van der Waals surface area contributed by atoms with Crippen molar-refractivity contribution < 1.29 is 14.3 Å². The van der Waals surface area contributed by atoms with E-state index in [1.165, 1.54) is 0 Å². The molecule has 3 aromatic rings. The van der Waals surface area contributed by atoms with Gasteiger partial charge >= 0.3 is 6.09 Å². The lowest BCUT2D eigenvalue weighted by atomic mass is 9.82. The molecule has 0 unspecified atom stereocenters. The molecule has 1 aliphatic heterocycles. The van der Waals surface area contributed by atoms with Gasteiger partial charge in [-0.25, -0.2) is 14.8 Å². The van der Waals surface area contributed by atoms with Crippen molar-refractivity contribution in [2.45, 2.75) is 38.3 Å². The molecule has 10 nitrogen and oxygen atoms in total.